The van der Waals surface area contributed by atoms with Gasteiger partial charge in [-0.3, -0.25) is 0 Å². The van der Waals surface area contributed by atoms with Gasteiger partial charge >= 0.3 is 0 Å². The van der Waals surface area contributed by atoms with Crippen molar-refractivity contribution in [2.45, 2.75) is 20.3 Å². The molecule has 3 N–H and O–H groups in total. The first-order valence-corrected chi connectivity index (χ1v) is 6.16. The summed E-state index contributed by atoms with van der Waals surface area (Å²) in [6.45, 7) is 7.68. The summed E-state index contributed by atoms with van der Waals surface area (Å²) in [5.41, 5.74) is 5.28. The Hall–Kier alpha value is -1.43. The van der Waals surface area contributed by atoms with Crippen molar-refractivity contribution in [2.24, 2.45) is 0 Å². The molecule has 4 nitrogen and oxygen atoms in total. The molecule has 6 heteroatoms. The van der Waals surface area contributed by atoms with E-state index in [0.29, 0.717) is 6.54 Å². The molecule has 1 heterocycles. The van der Waals surface area contributed by atoms with Gasteiger partial charge < -0.3 is 16.0 Å². The van der Waals surface area contributed by atoms with Crippen LogP contribution in [0.4, 0.5) is 20.4 Å². The maximum Gasteiger partial charge on any atom is 0.168 e. The standard InChI is InChI=1S/C12H20F2N4/c1-3-18(4-2)7-5-6-16-12-10(14)8-9(13)11(15)17-12/h8H,3-7H2,1-2H3,(H3,15,16,17). The second-order valence-corrected chi connectivity index (χ2v) is 3.99. The summed E-state index contributed by atoms with van der Waals surface area (Å²) in [6, 6.07) is 0.745. The third kappa shape index (κ3) is 4.10. The highest BCUT2D eigenvalue weighted by molar-refractivity contribution is 5.44. The summed E-state index contributed by atoms with van der Waals surface area (Å²) in [5.74, 6) is -1.83. The van der Waals surface area contributed by atoms with Gasteiger partial charge in [0.2, 0.25) is 0 Å². The van der Waals surface area contributed by atoms with Gasteiger partial charge in [-0.15, -0.1) is 0 Å². The molecule has 1 aromatic rings. The van der Waals surface area contributed by atoms with Crippen molar-refractivity contribution in [2.75, 3.05) is 37.2 Å². The van der Waals surface area contributed by atoms with E-state index in [1.54, 1.807) is 0 Å². The van der Waals surface area contributed by atoms with Crippen LogP contribution >= 0.6 is 0 Å². The molecule has 1 aromatic heterocycles. The van der Waals surface area contributed by atoms with Crippen molar-refractivity contribution >= 4 is 11.6 Å². The van der Waals surface area contributed by atoms with Crippen molar-refractivity contribution in [1.29, 1.82) is 0 Å². The van der Waals surface area contributed by atoms with Crippen LogP contribution in [-0.2, 0) is 0 Å². The van der Waals surface area contributed by atoms with Crippen LogP contribution in [0, 0.1) is 11.6 Å². The van der Waals surface area contributed by atoms with Crippen molar-refractivity contribution in [3.8, 4) is 0 Å². The quantitative estimate of drug-likeness (QED) is 0.735. The van der Waals surface area contributed by atoms with Crippen LogP contribution in [-0.4, -0.2) is 36.1 Å². The zero-order valence-electron chi connectivity index (χ0n) is 10.8. The second kappa shape index (κ2) is 7.10. The molecule has 0 saturated heterocycles. The highest BCUT2D eigenvalue weighted by Gasteiger charge is 2.09. The van der Waals surface area contributed by atoms with Crippen molar-refractivity contribution in [3.05, 3.63) is 17.7 Å². The predicted molar refractivity (Wildman–Crippen MR) is 69.5 cm³/mol. The first-order chi connectivity index (χ1) is 8.58. The number of hydrogen-bond donors (Lipinski definition) is 2. The lowest BCUT2D eigenvalue weighted by Gasteiger charge is -2.17. The van der Waals surface area contributed by atoms with Gasteiger partial charge in [0, 0.05) is 12.6 Å². The minimum Gasteiger partial charge on any atom is -0.381 e. The minimum atomic E-state index is -0.832. The summed E-state index contributed by atoms with van der Waals surface area (Å²) < 4.78 is 26.2. The summed E-state index contributed by atoms with van der Waals surface area (Å²) in [6.07, 6.45) is 0.861. The molecule has 18 heavy (non-hydrogen) atoms. The molecule has 0 fully saturated rings. The fourth-order valence-corrected chi connectivity index (χ4v) is 1.65. The minimum absolute atomic E-state index is 0.00782. The molecule has 0 bridgehead atoms. The van der Waals surface area contributed by atoms with E-state index in [9.17, 15) is 8.78 Å². The molecule has 0 aliphatic rings. The van der Waals surface area contributed by atoms with Crippen molar-refractivity contribution in [3.63, 3.8) is 0 Å². The summed E-state index contributed by atoms with van der Waals surface area (Å²) in [5, 5.41) is 2.83. The Morgan fingerprint density at radius 2 is 1.94 bits per heavy atom. The third-order valence-corrected chi connectivity index (χ3v) is 2.79. The number of nitrogen functional groups attached to an aromatic ring is 1. The molecule has 0 atom stereocenters. The topological polar surface area (TPSA) is 54.2 Å². The Labute approximate surface area is 106 Å². The van der Waals surface area contributed by atoms with Gasteiger partial charge in [0.15, 0.2) is 23.3 Å². The number of nitrogens with zero attached hydrogens (tertiary/aromatic N) is 2. The lowest BCUT2D eigenvalue weighted by molar-refractivity contribution is 0.303. The number of rotatable bonds is 7. The lowest BCUT2D eigenvalue weighted by Crippen LogP contribution is -2.25. The van der Waals surface area contributed by atoms with Crippen LogP contribution in [0.1, 0.15) is 20.3 Å². The van der Waals surface area contributed by atoms with Crippen LogP contribution in [0.25, 0.3) is 0 Å². The first-order valence-electron chi connectivity index (χ1n) is 6.16. The van der Waals surface area contributed by atoms with E-state index in [1.165, 1.54) is 0 Å². The molecule has 0 aliphatic carbocycles. The molecule has 0 spiro atoms. The largest absolute Gasteiger partial charge is 0.381 e. The molecular weight excluding hydrogens is 238 g/mol. The van der Waals surface area contributed by atoms with Gasteiger partial charge in [-0.1, -0.05) is 13.8 Å². The molecule has 0 radical (unpaired) electrons. The second-order valence-electron chi connectivity index (χ2n) is 3.99. The van der Waals surface area contributed by atoms with Gasteiger partial charge in [-0.25, -0.2) is 13.8 Å². The Morgan fingerprint density at radius 1 is 1.28 bits per heavy atom. The van der Waals surface area contributed by atoms with Gasteiger partial charge in [-0.2, -0.15) is 0 Å². The van der Waals surface area contributed by atoms with E-state index >= 15 is 0 Å². The number of nitrogens with one attached hydrogen (secondary N) is 1. The number of hydrogen-bond acceptors (Lipinski definition) is 4. The zero-order valence-corrected chi connectivity index (χ0v) is 10.8. The molecule has 0 saturated carbocycles. The summed E-state index contributed by atoms with van der Waals surface area (Å²) >= 11 is 0. The van der Waals surface area contributed by atoms with E-state index in [1.807, 2.05) is 0 Å². The fraction of sp³-hybridized carbons (Fsp3) is 0.583. The third-order valence-electron chi connectivity index (χ3n) is 2.79. The zero-order chi connectivity index (χ0) is 13.5. The maximum absolute atomic E-state index is 13.3. The normalized spacial score (nSPS) is 10.9. The number of halogens is 2. The van der Waals surface area contributed by atoms with E-state index in [4.69, 9.17) is 5.73 Å². The maximum atomic E-state index is 13.3. The first kappa shape index (κ1) is 14.6. The van der Waals surface area contributed by atoms with Crippen LogP contribution in [0.2, 0.25) is 0 Å². The van der Waals surface area contributed by atoms with E-state index in [2.05, 4.69) is 29.0 Å². The Kier molecular flexibility index (Phi) is 5.77. The Bertz CT molecular complexity index is 381. The van der Waals surface area contributed by atoms with E-state index in [0.717, 1.165) is 32.1 Å². The molecule has 0 aliphatic heterocycles. The fourth-order valence-electron chi connectivity index (χ4n) is 1.65. The predicted octanol–water partition coefficient (Wildman–Crippen LogP) is 2.09. The SMILES string of the molecule is CCN(CC)CCCNc1nc(N)c(F)cc1F. The number of pyridine rings is 1. The van der Waals surface area contributed by atoms with Gasteiger partial charge in [0.25, 0.3) is 0 Å². The summed E-state index contributed by atoms with van der Waals surface area (Å²) in [4.78, 5) is 5.90. The van der Waals surface area contributed by atoms with Crippen LogP contribution in [0.15, 0.2) is 6.07 Å². The number of aromatic nitrogens is 1. The highest BCUT2D eigenvalue weighted by Crippen LogP contribution is 2.16. The monoisotopic (exact) mass is 258 g/mol. The smallest absolute Gasteiger partial charge is 0.168 e. The highest BCUT2D eigenvalue weighted by atomic mass is 19.1. The van der Waals surface area contributed by atoms with Crippen LogP contribution in [0.5, 0.6) is 0 Å². The van der Waals surface area contributed by atoms with Crippen molar-refractivity contribution < 1.29 is 8.78 Å². The van der Waals surface area contributed by atoms with Crippen molar-refractivity contribution in [1.82, 2.24) is 9.88 Å². The molecular formula is C12H20F2N4. The Morgan fingerprint density at radius 3 is 2.56 bits per heavy atom. The molecule has 0 aromatic carbocycles. The average Bonchev–Trinajstić information content (AvgIpc) is 2.35. The Balaban J connectivity index is 2.42. The van der Waals surface area contributed by atoms with Crippen LogP contribution in [0.3, 0.4) is 0 Å². The van der Waals surface area contributed by atoms with Gasteiger partial charge in [0.05, 0.1) is 0 Å². The molecule has 1 rings (SSSR count). The van der Waals surface area contributed by atoms with E-state index in [-0.39, 0.29) is 11.6 Å². The molecule has 0 amide bonds. The number of anilines is 2. The number of nitrogens with two attached hydrogens (primary N) is 1. The summed E-state index contributed by atoms with van der Waals surface area (Å²) in [7, 11) is 0. The van der Waals surface area contributed by atoms with Crippen LogP contribution < -0.4 is 11.1 Å². The van der Waals surface area contributed by atoms with Gasteiger partial charge in [0.1, 0.15) is 0 Å². The lowest BCUT2D eigenvalue weighted by atomic mass is 10.3. The molecule has 102 valence electrons. The van der Waals surface area contributed by atoms with Gasteiger partial charge in [-0.05, 0) is 26.1 Å². The average molecular weight is 258 g/mol. The molecule has 0 unspecified atom stereocenters. The van der Waals surface area contributed by atoms with E-state index < -0.39 is 11.6 Å².